The summed E-state index contributed by atoms with van der Waals surface area (Å²) in [5.41, 5.74) is 3.02. The highest BCUT2D eigenvalue weighted by molar-refractivity contribution is 5.54. The average Bonchev–Trinajstić information content (AvgIpc) is 3.08. The molecule has 0 radical (unpaired) electrons. The van der Waals surface area contributed by atoms with Crippen molar-refractivity contribution in [1.82, 2.24) is 4.57 Å². The van der Waals surface area contributed by atoms with Gasteiger partial charge >= 0.3 is 0 Å². The van der Waals surface area contributed by atoms with E-state index in [2.05, 4.69) is 22.5 Å². The van der Waals surface area contributed by atoms with E-state index in [4.69, 9.17) is 4.74 Å². The molecule has 0 aliphatic heterocycles. The SMILES string of the molecule is COc1cccc(C#Cc2ccccc2-n2cccc2)c1. The van der Waals surface area contributed by atoms with Crippen LogP contribution in [0.4, 0.5) is 0 Å². The lowest BCUT2D eigenvalue weighted by Crippen LogP contribution is -1.93. The molecule has 3 rings (SSSR count). The maximum Gasteiger partial charge on any atom is 0.120 e. The number of benzene rings is 2. The van der Waals surface area contributed by atoms with Gasteiger partial charge in [0.15, 0.2) is 0 Å². The summed E-state index contributed by atoms with van der Waals surface area (Å²) in [4.78, 5) is 0. The van der Waals surface area contributed by atoms with E-state index in [0.29, 0.717) is 0 Å². The van der Waals surface area contributed by atoms with Crippen LogP contribution in [0.5, 0.6) is 5.75 Å². The number of rotatable bonds is 2. The van der Waals surface area contributed by atoms with E-state index in [9.17, 15) is 0 Å². The summed E-state index contributed by atoms with van der Waals surface area (Å²) >= 11 is 0. The van der Waals surface area contributed by atoms with Crippen LogP contribution in [0.1, 0.15) is 11.1 Å². The summed E-state index contributed by atoms with van der Waals surface area (Å²) in [6.07, 6.45) is 4.04. The van der Waals surface area contributed by atoms with Crippen molar-refractivity contribution in [1.29, 1.82) is 0 Å². The molecule has 0 saturated heterocycles. The number of methoxy groups -OCH3 is 1. The number of hydrogen-bond donors (Lipinski definition) is 0. The molecule has 0 N–H and O–H groups in total. The Balaban J connectivity index is 1.98. The van der Waals surface area contributed by atoms with Crippen LogP contribution in [0, 0.1) is 11.8 Å². The molecule has 0 atom stereocenters. The molecular formula is C19H15NO. The highest BCUT2D eigenvalue weighted by Crippen LogP contribution is 2.15. The fraction of sp³-hybridized carbons (Fsp3) is 0.0526. The van der Waals surface area contributed by atoms with Crippen molar-refractivity contribution >= 4 is 0 Å². The molecule has 0 fully saturated rings. The lowest BCUT2D eigenvalue weighted by molar-refractivity contribution is 0.414. The second-order valence-corrected chi connectivity index (χ2v) is 4.59. The second kappa shape index (κ2) is 6.02. The van der Waals surface area contributed by atoms with Gasteiger partial charge in [0, 0.05) is 23.5 Å². The molecule has 0 saturated carbocycles. The molecule has 0 spiro atoms. The third kappa shape index (κ3) is 2.98. The molecule has 2 heteroatoms. The van der Waals surface area contributed by atoms with Crippen molar-refractivity contribution in [3.63, 3.8) is 0 Å². The van der Waals surface area contributed by atoms with Crippen LogP contribution in [-0.4, -0.2) is 11.7 Å². The monoisotopic (exact) mass is 273 g/mol. The summed E-state index contributed by atoms with van der Waals surface area (Å²) in [6, 6.07) is 19.9. The number of para-hydroxylation sites is 1. The topological polar surface area (TPSA) is 14.2 Å². The van der Waals surface area contributed by atoms with Crippen molar-refractivity contribution in [3.8, 4) is 23.3 Å². The average molecular weight is 273 g/mol. The van der Waals surface area contributed by atoms with Crippen molar-refractivity contribution < 1.29 is 4.74 Å². The molecule has 2 nitrogen and oxygen atoms in total. The molecule has 0 aliphatic rings. The zero-order chi connectivity index (χ0) is 14.5. The third-order valence-corrected chi connectivity index (χ3v) is 3.20. The summed E-state index contributed by atoms with van der Waals surface area (Å²) in [5, 5.41) is 0. The van der Waals surface area contributed by atoms with Gasteiger partial charge in [0.05, 0.1) is 12.8 Å². The highest BCUT2D eigenvalue weighted by Gasteiger charge is 2.00. The predicted molar refractivity (Wildman–Crippen MR) is 84.7 cm³/mol. The second-order valence-electron chi connectivity index (χ2n) is 4.59. The van der Waals surface area contributed by atoms with E-state index in [1.165, 1.54) is 0 Å². The molecule has 3 aromatic rings. The smallest absolute Gasteiger partial charge is 0.120 e. The third-order valence-electron chi connectivity index (χ3n) is 3.20. The molecule has 1 aromatic heterocycles. The number of nitrogens with zero attached hydrogens (tertiary/aromatic N) is 1. The maximum absolute atomic E-state index is 5.22. The highest BCUT2D eigenvalue weighted by atomic mass is 16.5. The summed E-state index contributed by atoms with van der Waals surface area (Å²) in [7, 11) is 1.66. The van der Waals surface area contributed by atoms with E-state index in [0.717, 1.165) is 22.6 Å². The largest absolute Gasteiger partial charge is 0.497 e. The molecule has 0 unspecified atom stereocenters. The zero-order valence-corrected chi connectivity index (χ0v) is 11.8. The van der Waals surface area contributed by atoms with Gasteiger partial charge in [0.1, 0.15) is 5.75 Å². The Kier molecular flexibility index (Phi) is 3.75. The van der Waals surface area contributed by atoms with Crippen LogP contribution in [-0.2, 0) is 0 Å². The first-order valence-corrected chi connectivity index (χ1v) is 6.75. The van der Waals surface area contributed by atoms with Gasteiger partial charge in [-0.1, -0.05) is 30.0 Å². The minimum absolute atomic E-state index is 0.820. The van der Waals surface area contributed by atoms with Gasteiger partial charge < -0.3 is 9.30 Å². The van der Waals surface area contributed by atoms with Gasteiger partial charge in [-0.15, -0.1) is 0 Å². The van der Waals surface area contributed by atoms with Gasteiger partial charge in [-0.2, -0.15) is 0 Å². The Morgan fingerprint density at radius 3 is 2.48 bits per heavy atom. The molecule has 0 amide bonds. The maximum atomic E-state index is 5.22. The number of ether oxygens (including phenoxy) is 1. The van der Waals surface area contributed by atoms with Crippen molar-refractivity contribution in [2.45, 2.75) is 0 Å². The van der Waals surface area contributed by atoms with Crippen LogP contribution in [0.15, 0.2) is 73.1 Å². The van der Waals surface area contributed by atoms with Gasteiger partial charge in [0.25, 0.3) is 0 Å². The molecule has 0 aliphatic carbocycles. The lowest BCUT2D eigenvalue weighted by atomic mass is 10.1. The van der Waals surface area contributed by atoms with Crippen LogP contribution >= 0.6 is 0 Å². The van der Waals surface area contributed by atoms with Gasteiger partial charge in [-0.25, -0.2) is 0 Å². The minimum atomic E-state index is 0.820. The first-order chi connectivity index (χ1) is 10.4. The van der Waals surface area contributed by atoms with Gasteiger partial charge in [0.2, 0.25) is 0 Å². The first kappa shape index (κ1) is 13.1. The zero-order valence-electron chi connectivity index (χ0n) is 11.8. The molecule has 102 valence electrons. The van der Waals surface area contributed by atoms with E-state index < -0.39 is 0 Å². The Morgan fingerprint density at radius 1 is 0.857 bits per heavy atom. The van der Waals surface area contributed by atoms with Crippen molar-refractivity contribution in [2.24, 2.45) is 0 Å². The van der Waals surface area contributed by atoms with Crippen molar-refractivity contribution in [2.75, 3.05) is 7.11 Å². The lowest BCUT2D eigenvalue weighted by Gasteiger charge is -2.05. The van der Waals surface area contributed by atoms with Crippen molar-refractivity contribution in [3.05, 3.63) is 84.2 Å². The molecular weight excluding hydrogens is 258 g/mol. The first-order valence-electron chi connectivity index (χ1n) is 6.75. The van der Waals surface area contributed by atoms with Crippen LogP contribution in [0.25, 0.3) is 5.69 Å². The van der Waals surface area contributed by atoms with E-state index >= 15 is 0 Å². The van der Waals surface area contributed by atoms with E-state index in [1.54, 1.807) is 7.11 Å². The number of hydrogen-bond acceptors (Lipinski definition) is 1. The Hall–Kier alpha value is -2.92. The van der Waals surface area contributed by atoms with Gasteiger partial charge in [-0.05, 0) is 42.5 Å². The Morgan fingerprint density at radius 2 is 1.67 bits per heavy atom. The summed E-state index contributed by atoms with van der Waals surface area (Å²) < 4.78 is 7.28. The van der Waals surface area contributed by atoms with E-state index in [1.807, 2.05) is 67.0 Å². The molecule has 21 heavy (non-hydrogen) atoms. The fourth-order valence-electron chi connectivity index (χ4n) is 2.14. The van der Waals surface area contributed by atoms with Crippen LogP contribution < -0.4 is 4.74 Å². The molecule has 0 bridgehead atoms. The summed E-state index contributed by atoms with van der Waals surface area (Å²) in [5.74, 6) is 7.26. The fourth-order valence-corrected chi connectivity index (χ4v) is 2.14. The summed E-state index contributed by atoms with van der Waals surface area (Å²) in [6.45, 7) is 0. The normalized spacial score (nSPS) is 9.76. The Labute approximate surface area is 124 Å². The quantitative estimate of drug-likeness (QED) is 0.646. The standard InChI is InChI=1S/C19H15NO/c1-21-18-9-6-7-16(15-18)11-12-17-8-2-3-10-19(17)20-13-4-5-14-20/h2-10,13-15H,1H3. The molecule has 2 aromatic carbocycles. The molecule has 1 heterocycles. The van der Waals surface area contributed by atoms with E-state index in [-0.39, 0.29) is 0 Å². The predicted octanol–water partition coefficient (Wildman–Crippen LogP) is 3.89. The number of aromatic nitrogens is 1. The van der Waals surface area contributed by atoms with Crippen LogP contribution in [0.2, 0.25) is 0 Å². The Bertz CT molecular complexity index is 792. The minimum Gasteiger partial charge on any atom is -0.497 e. The van der Waals surface area contributed by atoms with Gasteiger partial charge in [-0.3, -0.25) is 0 Å². The van der Waals surface area contributed by atoms with Crippen LogP contribution in [0.3, 0.4) is 0 Å².